The summed E-state index contributed by atoms with van der Waals surface area (Å²) in [6.07, 6.45) is 0.802. The van der Waals surface area contributed by atoms with E-state index in [1.54, 1.807) is 12.1 Å². The fourth-order valence-corrected chi connectivity index (χ4v) is 0.980. The van der Waals surface area contributed by atoms with Gasteiger partial charge in [-0.2, -0.15) is 0 Å². The van der Waals surface area contributed by atoms with Crippen LogP contribution in [0.15, 0.2) is 18.2 Å². The lowest BCUT2D eigenvalue weighted by atomic mass is 10.2. The molecule has 0 fully saturated rings. The molecule has 0 aliphatic heterocycles. The number of carbonyl (C=O) groups is 1. The summed E-state index contributed by atoms with van der Waals surface area (Å²) in [6, 6.07) is 4.72. The van der Waals surface area contributed by atoms with Crippen molar-refractivity contribution in [3.05, 3.63) is 23.8 Å². The van der Waals surface area contributed by atoms with Gasteiger partial charge in [0.15, 0.2) is 0 Å². The van der Waals surface area contributed by atoms with Gasteiger partial charge in [-0.3, -0.25) is 0 Å². The smallest absolute Gasteiger partial charge is 0.338 e. The van der Waals surface area contributed by atoms with Crippen molar-refractivity contribution in [1.29, 1.82) is 0 Å². The van der Waals surface area contributed by atoms with E-state index in [9.17, 15) is 4.79 Å². The number of rotatable bonds is 3. The molecule has 4 N–H and O–H groups in total. The van der Waals surface area contributed by atoms with Crippen molar-refractivity contribution in [3.63, 3.8) is 0 Å². The van der Waals surface area contributed by atoms with Gasteiger partial charge in [0.1, 0.15) is 0 Å². The number of nitrogen functional groups attached to an aromatic ring is 2. The van der Waals surface area contributed by atoms with Gasteiger partial charge in [0.25, 0.3) is 0 Å². The monoisotopic (exact) mass is 194 g/mol. The Balaban J connectivity index is 2.76. The second-order valence-electron chi connectivity index (χ2n) is 2.98. The molecule has 1 rings (SSSR count). The molecule has 0 aliphatic carbocycles. The van der Waals surface area contributed by atoms with Gasteiger partial charge in [-0.15, -0.1) is 0 Å². The van der Waals surface area contributed by atoms with E-state index in [1.807, 2.05) is 6.92 Å². The lowest BCUT2D eigenvalue weighted by Gasteiger charge is -2.05. The minimum atomic E-state index is -0.362. The predicted octanol–water partition coefficient (Wildman–Crippen LogP) is 1.42. The van der Waals surface area contributed by atoms with Crippen molar-refractivity contribution in [3.8, 4) is 0 Å². The van der Waals surface area contributed by atoms with E-state index >= 15 is 0 Å². The molecule has 4 heteroatoms. The Labute approximate surface area is 82.8 Å². The molecule has 0 amide bonds. The summed E-state index contributed by atoms with van der Waals surface area (Å²) in [6.45, 7) is 2.35. The summed E-state index contributed by atoms with van der Waals surface area (Å²) >= 11 is 0. The summed E-state index contributed by atoms with van der Waals surface area (Å²) in [5.74, 6) is -0.362. The van der Waals surface area contributed by atoms with E-state index < -0.39 is 0 Å². The maximum atomic E-state index is 11.3. The maximum Gasteiger partial charge on any atom is 0.338 e. The molecule has 0 aliphatic rings. The van der Waals surface area contributed by atoms with Crippen molar-refractivity contribution >= 4 is 17.3 Å². The Kier molecular flexibility index (Phi) is 3.34. The maximum absolute atomic E-state index is 11.3. The van der Waals surface area contributed by atoms with Gasteiger partial charge >= 0.3 is 5.97 Å². The zero-order valence-electron chi connectivity index (χ0n) is 8.12. The quantitative estimate of drug-likeness (QED) is 0.563. The second-order valence-corrected chi connectivity index (χ2v) is 2.98. The van der Waals surface area contributed by atoms with Crippen LogP contribution in [-0.2, 0) is 4.74 Å². The third-order valence-corrected chi connectivity index (χ3v) is 1.76. The fourth-order valence-electron chi connectivity index (χ4n) is 0.980. The molecule has 76 valence electrons. The van der Waals surface area contributed by atoms with Crippen molar-refractivity contribution in [2.75, 3.05) is 18.1 Å². The molecule has 0 radical (unpaired) electrons. The Morgan fingerprint density at radius 2 is 2.07 bits per heavy atom. The van der Waals surface area contributed by atoms with Crippen LogP contribution in [0.5, 0.6) is 0 Å². The fraction of sp³-hybridized carbons (Fsp3) is 0.300. The van der Waals surface area contributed by atoms with Crippen molar-refractivity contribution in [2.24, 2.45) is 0 Å². The van der Waals surface area contributed by atoms with Gasteiger partial charge in [-0.1, -0.05) is 6.92 Å². The van der Waals surface area contributed by atoms with Crippen LogP contribution in [0.2, 0.25) is 0 Å². The first-order chi connectivity index (χ1) is 6.65. The largest absolute Gasteiger partial charge is 0.462 e. The molecule has 0 heterocycles. The molecule has 0 saturated heterocycles. The molecule has 0 atom stereocenters. The molecule has 4 nitrogen and oxygen atoms in total. The van der Waals surface area contributed by atoms with Crippen LogP contribution in [-0.4, -0.2) is 12.6 Å². The average Bonchev–Trinajstić information content (AvgIpc) is 2.18. The topological polar surface area (TPSA) is 78.3 Å². The average molecular weight is 194 g/mol. The first-order valence-corrected chi connectivity index (χ1v) is 4.47. The number of esters is 1. The van der Waals surface area contributed by atoms with Crippen LogP contribution in [0.3, 0.4) is 0 Å². The van der Waals surface area contributed by atoms with Gasteiger partial charge in [0.2, 0.25) is 0 Å². The Morgan fingerprint density at radius 3 is 2.64 bits per heavy atom. The summed E-state index contributed by atoms with van der Waals surface area (Å²) in [7, 11) is 0. The normalized spacial score (nSPS) is 9.79. The number of carbonyl (C=O) groups excluding carboxylic acids is 1. The SMILES string of the molecule is CCCOC(=O)c1ccc(N)c(N)c1. The van der Waals surface area contributed by atoms with Crippen LogP contribution in [0, 0.1) is 0 Å². The van der Waals surface area contributed by atoms with Crippen molar-refractivity contribution < 1.29 is 9.53 Å². The number of benzene rings is 1. The lowest BCUT2D eigenvalue weighted by molar-refractivity contribution is 0.0505. The second kappa shape index (κ2) is 4.50. The van der Waals surface area contributed by atoms with Gasteiger partial charge < -0.3 is 16.2 Å². The zero-order valence-corrected chi connectivity index (χ0v) is 8.12. The molecule has 0 unspecified atom stereocenters. The lowest BCUT2D eigenvalue weighted by Crippen LogP contribution is -2.07. The van der Waals surface area contributed by atoms with E-state index in [2.05, 4.69) is 0 Å². The summed E-state index contributed by atoms with van der Waals surface area (Å²) in [5.41, 5.74) is 12.4. The highest BCUT2D eigenvalue weighted by molar-refractivity contribution is 5.91. The van der Waals surface area contributed by atoms with Crippen molar-refractivity contribution in [2.45, 2.75) is 13.3 Å². The molecular weight excluding hydrogens is 180 g/mol. The van der Waals surface area contributed by atoms with E-state index in [4.69, 9.17) is 16.2 Å². The van der Waals surface area contributed by atoms with Crippen LogP contribution in [0.4, 0.5) is 11.4 Å². The zero-order chi connectivity index (χ0) is 10.6. The molecule has 0 saturated carbocycles. The van der Waals surface area contributed by atoms with Crippen LogP contribution >= 0.6 is 0 Å². The number of nitrogens with two attached hydrogens (primary N) is 2. The predicted molar refractivity (Wildman–Crippen MR) is 55.8 cm³/mol. The van der Waals surface area contributed by atoms with Crippen LogP contribution in [0.25, 0.3) is 0 Å². The number of hydrogen-bond donors (Lipinski definition) is 2. The Morgan fingerprint density at radius 1 is 1.36 bits per heavy atom. The summed E-state index contributed by atoms with van der Waals surface area (Å²) in [5, 5.41) is 0. The highest BCUT2D eigenvalue weighted by Crippen LogP contribution is 2.16. The third-order valence-electron chi connectivity index (χ3n) is 1.76. The van der Waals surface area contributed by atoms with Gasteiger partial charge in [0.05, 0.1) is 23.5 Å². The number of hydrogen-bond acceptors (Lipinski definition) is 4. The first kappa shape index (κ1) is 10.4. The highest BCUT2D eigenvalue weighted by atomic mass is 16.5. The molecule has 1 aromatic rings. The minimum Gasteiger partial charge on any atom is -0.462 e. The third kappa shape index (κ3) is 2.39. The standard InChI is InChI=1S/C10H14N2O2/c1-2-5-14-10(13)7-3-4-8(11)9(12)6-7/h3-4,6H,2,5,11-12H2,1H3. The number of ether oxygens (including phenoxy) is 1. The molecule has 0 bridgehead atoms. The molecular formula is C10H14N2O2. The number of anilines is 2. The van der Waals surface area contributed by atoms with Gasteiger partial charge in [0, 0.05) is 0 Å². The first-order valence-electron chi connectivity index (χ1n) is 4.47. The molecule has 14 heavy (non-hydrogen) atoms. The Bertz CT molecular complexity index is 337. The molecule has 1 aromatic carbocycles. The van der Waals surface area contributed by atoms with Crippen LogP contribution in [0.1, 0.15) is 23.7 Å². The van der Waals surface area contributed by atoms with E-state index in [-0.39, 0.29) is 5.97 Å². The van der Waals surface area contributed by atoms with Crippen LogP contribution < -0.4 is 11.5 Å². The minimum absolute atomic E-state index is 0.362. The summed E-state index contributed by atoms with van der Waals surface area (Å²) < 4.78 is 4.94. The van der Waals surface area contributed by atoms with E-state index in [0.717, 1.165) is 6.42 Å². The van der Waals surface area contributed by atoms with E-state index in [0.29, 0.717) is 23.5 Å². The molecule has 0 spiro atoms. The van der Waals surface area contributed by atoms with E-state index in [1.165, 1.54) is 6.07 Å². The van der Waals surface area contributed by atoms with Gasteiger partial charge in [-0.25, -0.2) is 4.79 Å². The highest BCUT2D eigenvalue weighted by Gasteiger charge is 2.07. The van der Waals surface area contributed by atoms with Crippen molar-refractivity contribution in [1.82, 2.24) is 0 Å². The molecule has 0 aromatic heterocycles. The summed E-state index contributed by atoms with van der Waals surface area (Å²) in [4.78, 5) is 11.3. The van der Waals surface area contributed by atoms with Gasteiger partial charge in [-0.05, 0) is 24.6 Å². The Hall–Kier alpha value is -1.71.